The summed E-state index contributed by atoms with van der Waals surface area (Å²) in [6.45, 7) is -0.126. The molecule has 0 radical (unpaired) electrons. The number of fused-ring (bicyclic) bond motifs is 1. The van der Waals surface area contributed by atoms with Crippen LogP contribution >= 0.6 is 0 Å². The molecule has 1 fully saturated rings. The molecule has 0 bridgehead atoms. The molecule has 2 aromatic carbocycles. The summed E-state index contributed by atoms with van der Waals surface area (Å²) in [6.07, 6.45) is -4.87. The van der Waals surface area contributed by atoms with Crippen LogP contribution in [0, 0.1) is 5.41 Å². The molecule has 34 heavy (non-hydrogen) atoms. The molecule has 9 heteroatoms. The molecular formula is C25H23F3N4O2. The van der Waals surface area contributed by atoms with Crippen molar-refractivity contribution in [3.8, 4) is 0 Å². The molecule has 2 N–H and O–H groups in total. The summed E-state index contributed by atoms with van der Waals surface area (Å²) >= 11 is 0. The van der Waals surface area contributed by atoms with Crippen LogP contribution in [-0.2, 0) is 17.8 Å². The first kappa shape index (κ1) is 22.2. The molecule has 5 rings (SSSR count). The van der Waals surface area contributed by atoms with Crippen LogP contribution in [-0.4, -0.2) is 33.1 Å². The van der Waals surface area contributed by atoms with Crippen molar-refractivity contribution >= 4 is 11.9 Å². The van der Waals surface area contributed by atoms with Gasteiger partial charge in [-0.1, -0.05) is 60.7 Å². The molecule has 176 valence electrons. The van der Waals surface area contributed by atoms with Crippen molar-refractivity contribution in [2.45, 2.75) is 38.0 Å². The van der Waals surface area contributed by atoms with Gasteiger partial charge in [0.1, 0.15) is 5.41 Å². The summed E-state index contributed by atoms with van der Waals surface area (Å²) < 4.78 is 41.8. The number of nitrogen functional groups attached to an aromatic ring is 1. The van der Waals surface area contributed by atoms with Gasteiger partial charge in [-0.3, -0.25) is 14.2 Å². The molecule has 1 aliphatic carbocycles. The number of carbonyl (C=O) groups is 1. The van der Waals surface area contributed by atoms with Crippen LogP contribution < -0.4 is 11.3 Å². The van der Waals surface area contributed by atoms with E-state index in [0.29, 0.717) is 5.56 Å². The van der Waals surface area contributed by atoms with E-state index in [2.05, 4.69) is 4.98 Å². The summed E-state index contributed by atoms with van der Waals surface area (Å²) in [5.74, 6) is -0.991. The number of hydrogen-bond donors (Lipinski definition) is 1. The fourth-order valence-electron chi connectivity index (χ4n) is 4.75. The molecule has 3 aromatic rings. The predicted molar refractivity (Wildman–Crippen MR) is 120 cm³/mol. The number of nitrogens with zero attached hydrogens (tertiary/aromatic N) is 3. The molecule has 1 aromatic heterocycles. The van der Waals surface area contributed by atoms with Gasteiger partial charge in [0.15, 0.2) is 0 Å². The van der Waals surface area contributed by atoms with Crippen LogP contribution in [0.25, 0.3) is 0 Å². The Balaban J connectivity index is 1.54. The maximum absolute atomic E-state index is 13.6. The Morgan fingerprint density at radius 3 is 2.06 bits per heavy atom. The van der Waals surface area contributed by atoms with E-state index in [9.17, 15) is 22.8 Å². The quantitative estimate of drug-likeness (QED) is 0.633. The van der Waals surface area contributed by atoms with Crippen LogP contribution in [0.4, 0.5) is 19.1 Å². The zero-order valence-corrected chi connectivity index (χ0v) is 18.3. The second-order valence-corrected chi connectivity index (χ2v) is 8.85. The normalized spacial score (nSPS) is 16.9. The minimum Gasteiger partial charge on any atom is -0.369 e. The second kappa shape index (κ2) is 8.00. The summed E-state index contributed by atoms with van der Waals surface area (Å²) in [6, 6.07) is 18.3. The SMILES string of the molecule is Nc1nc2c(c(=O)n1C(c1ccccc1)c1ccccc1)CCN(C(=O)C1(C(F)(F)F)CC1)C2. The third-order valence-electron chi connectivity index (χ3n) is 6.77. The Hall–Kier alpha value is -3.62. The fourth-order valence-corrected chi connectivity index (χ4v) is 4.75. The third kappa shape index (κ3) is 3.55. The van der Waals surface area contributed by atoms with E-state index in [1.165, 1.54) is 4.57 Å². The number of nitrogens with two attached hydrogens (primary N) is 1. The van der Waals surface area contributed by atoms with E-state index in [1.807, 2.05) is 60.7 Å². The summed E-state index contributed by atoms with van der Waals surface area (Å²) in [5, 5.41) is 0. The Labute approximate surface area is 193 Å². The van der Waals surface area contributed by atoms with Gasteiger partial charge in [0.25, 0.3) is 5.56 Å². The van der Waals surface area contributed by atoms with Crippen molar-refractivity contribution in [2.75, 3.05) is 12.3 Å². The number of amides is 1. The lowest BCUT2D eigenvalue weighted by Gasteiger charge is -2.33. The van der Waals surface area contributed by atoms with Gasteiger partial charge in [-0.15, -0.1) is 0 Å². The first-order chi connectivity index (χ1) is 16.2. The smallest absolute Gasteiger partial charge is 0.369 e. The number of alkyl halides is 3. The monoisotopic (exact) mass is 468 g/mol. The minimum absolute atomic E-state index is 0.0336. The van der Waals surface area contributed by atoms with Crippen molar-refractivity contribution in [1.29, 1.82) is 0 Å². The average molecular weight is 468 g/mol. The molecule has 2 aliphatic rings. The Morgan fingerprint density at radius 1 is 1.00 bits per heavy atom. The van der Waals surface area contributed by atoms with Crippen molar-refractivity contribution in [3.05, 3.63) is 93.4 Å². The maximum Gasteiger partial charge on any atom is 0.403 e. The van der Waals surface area contributed by atoms with Crippen LogP contribution in [0.15, 0.2) is 65.5 Å². The second-order valence-electron chi connectivity index (χ2n) is 8.85. The van der Waals surface area contributed by atoms with Crippen LogP contribution in [0.1, 0.15) is 41.3 Å². The van der Waals surface area contributed by atoms with Gasteiger partial charge in [-0.2, -0.15) is 13.2 Å². The van der Waals surface area contributed by atoms with Crippen molar-refractivity contribution in [3.63, 3.8) is 0 Å². The van der Waals surface area contributed by atoms with Crippen molar-refractivity contribution in [2.24, 2.45) is 5.41 Å². The van der Waals surface area contributed by atoms with Gasteiger partial charge in [0.2, 0.25) is 11.9 Å². The highest BCUT2D eigenvalue weighted by Crippen LogP contribution is 2.58. The molecule has 0 unspecified atom stereocenters. The topological polar surface area (TPSA) is 81.2 Å². The molecule has 0 spiro atoms. The standard InChI is InChI=1S/C25H23F3N4O2/c26-25(27,28)24(12-13-24)22(34)31-14-11-18-19(15-31)30-23(29)32(21(18)33)20(16-7-3-1-4-8-16)17-9-5-2-6-10-17/h1-10,20H,11-15H2,(H2,29,30). The number of anilines is 1. The molecule has 0 atom stereocenters. The Bertz CT molecular complexity index is 1250. The highest BCUT2D eigenvalue weighted by molar-refractivity contribution is 5.86. The average Bonchev–Trinajstić information content (AvgIpc) is 3.64. The molecule has 6 nitrogen and oxygen atoms in total. The van der Waals surface area contributed by atoms with Gasteiger partial charge in [-0.05, 0) is 30.4 Å². The number of carbonyl (C=O) groups excluding carboxylic acids is 1. The zero-order valence-electron chi connectivity index (χ0n) is 18.3. The van der Waals surface area contributed by atoms with E-state index in [1.54, 1.807) is 0 Å². The van der Waals surface area contributed by atoms with Gasteiger partial charge >= 0.3 is 6.18 Å². The van der Waals surface area contributed by atoms with Crippen molar-refractivity contribution < 1.29 is 18.0 Å². The van der Waals surface area contributed by atoms with Crippen molar-refractivity contribution in [1.82, 2.24) is 14.5 Å². The number of hydrogen-bond acceptors (Lipinski definition) is 4. The largest absolute Gasteiger partial charge is 0.403 e. The third-order valence-corrected chi connectivity index (χ3v) is 6.77. The first-order valence-electron chi connectivity index (χ1n) is 11.1. The molecule has 1 saturated carbocycles. The van der Waals surface area contributed by atoms with Crippen LogP contribution in [0.2, 0.25) is 0 Å². The molecule has 1 amide bonds. The van der Waals surface area contributed by atoms with E-state index in [0.717, 1.165) is 16.0 Å². The lowest BCUT2D eigenvalue weighted by Crippen LogP contribution is -2.48. The Morgan fingerprint density at radius 2 is 1.56 bits per heavy atom. The fraction of sp³-hybridized carbons (Fsp3) is 0.320. The first-order valence-corrected chi connectivity index (χ1v) is 11.1. The zero-order chi connectivity index (χ0) is 24.1. The summed E-state index contributed by atoms with van der Waals surface area (Å²) in [7, 11) is 0. The van der Waals surface area contributed by atoms with E-state index in [4.69, 9.17) is 5.73 Å². The number of benzene rings is 2. The van der Waals surface area contributed by atoms with Gasteiger partial charge in [-0.25, -0.2) is 4.98 Å². The highest BCUT2D eigenvalue weighted by Gasteiger charge is 2.69. The maximum atomic E-state index is 13.6. The molecule has 0 saturated heterocycles. The lowest BCUT2D eigenvalue weighted by molar-refractivity contribution is -0.199. The Kier molecular flexibility index (Phi) is 5.22. The van der Waals surface area contributed by atoms with Crippen LogP contribution in [0.3, 0.4) is 0 Å². The van der Waals surface area contributed by atoms with Gasteiger partial charge in [0.05, 0.1) is 18.3 Å². The van der Waals surface area contributed by atoms with E-state index in [-0.39, 0.29) is 49.6 Å². The molecule has 2 heterocycles. The summed E-state index contributed by atoms with van der Waals surface area (Å²) in [5.41, 5.74) is 5.97. The molecular weight excluding hydrogens is 445 g/mol. The van der Waals surface area contributed by atoms with E-state index < -0.39 is 23.5 Å². The number of aromatic nitrogens is 2. The molecule has 1 aliphatic heterocycles. The minimum atomic E-state index is -4.58. The van der Waals surface area contributed by atoms with E-state index >= 15 is 0 Å². The van der Waals surface area contributed by atoms with Gasteiger partial charge < -0.3 is 10.6 Å². The number of halogens is 3. The predicted octanol–water partition coefficient (Wildman–Crippen LogP) is 3.69. The van der Waals surface area contributed by atoms with Gasteiger partial charge in [0, 0.05) is 12.1 Å². The number of rotatable bonds is 4. The van der Waals surface area contributed by atoms with Crippen LogP contribution in [0.5, 0.6) is 0 Å². The summed E-state index contributed by atoms with van der Waals surface area (Å²) in [4.78, 5) is 31.9. The highest BCUT2D eigenvalue weighted by atomic mass is 19.4. The lowest BCUT2D eigenvalue weighted by atomic mass is 9.97.